The average Bonchev–Trinajstić information content (AvgIpc) is 3.11. The molecule has 0 saturated carbocycles. The van der Waals surface area contributed by atoms with E-state index in [9.17, 15) is 9.18 Å². The molecule has 3 rings (SSSR count). The van der Waals surface area contributed by atoms with Gasteiger partial charge in [-0.3, -0.25) is 4.79 Å². The van der Waals surface area contributed by atoms with Gasteiger partial charge >= 0.3 is 0 Å². The molecule has 0 aliphatic rings. The minimum atomic E-state index is -0.527. The highest BCUT2D eigenvalue weighted by Crippen LogP contribution is 2.25. The van der Waals surface area contributed by atoms with Crippen LogP contribution in [0.1, 0.15) is 13.8 Å². The molecule has 0 saturated heterocycles. The lowest BCUT2D eigenvalue weighted by Gasteiger charge is -2.21. The molecule has 30 heavy (non-hydrogen) atoms. The number of nitrogens with zero attached hydrogens (tertiary/aromatic N) is 4. The molecular formula is C21H23ClFN5OS. The van der Waals surface area contributed by atoms with E-state index in [0.29, 0.717) is 10.8 Å². The van der Waals surface area contributed by atoms with E-state index in [-0.39, 0.29) is 16.7 Å². The Bertz CT molecular complexity index is 1020. The monoisotopic (exact) mass is 447 g/mol. The number of carbonyl (C=O) groups is 1. The van der Waals surface area contributed by atoms with Crippen LogP contribution in [-0.4, -0.2) is 39.5 Å². The Morgan fingerprint density at radius 3 is 2.50 bits per heavy atom. The van der Waals surface area contributed by atoms with Crippen molar-refractivity contribution in [2.24, 2.45) is 7.05 Å². The van der Waals surface area contributed by atoms with E-state index in [1.807, 2.05) is 23.7 Å². The first-order valence-electron chi connectivity index (χ1n) is 9.55. The highest BCUT2D eigenvalue weighted by Gasteiger charge is 2.14. The molecule has 0 aliphatic heterocycles. The van der Waals surface area contributed by atoms with Crippen LogP contribution in [0.25, 0.3) is 11.4 Å². The highest BCUT2D eigenvalue weighted by molar-refractivity contribution is 7.99. The van der Waals surface area contributed by atoms with Crippen LogP contribution in [0.4, 0.5) is 15.8 Å². The predicted molar refractivity (Wildman–Crippen MR) is 121 cm³/mol. The molecule has 6 nitrogen and oxygen atoms in total. The van der Waals surface area contributed by atoms with Gasteiger partial charge < -0.3 is 14.8 Å². The molecule has 158 valence electrons. The van der Waals surface area contributed by atoms with Crippen molar-refractivity contribution in [2.45, 2.75) is 19.0 Å². The summed E-state index contributed by atoms with van der Waals surface area (Å²) in [5.41, 5.74) is 2.56. The molecule has 0 radical (unpaired) electrons. The second kappa shape index (κ2) is 9.95. The third-order valence-electron chi connectivity index (χ3n) is 4.62. The normalized spacial score (nSPS) is 10.8. The van der Waals surface area contributed by atoms with Gasteiger partial charge in [0.25, 0.3) is 0 Å². The predicted octanol–water partition coefficient (Wildman–Crippen LogP) is 4.85. The third-order valence-corrected chi connectivity index (χ3v) is 5.93. The highest BCUT2D eigenvalue weighted by atomic mass is 35.5. The van der Waals surface area contributed by atoms with E-state index < -0.39 is 5.82 Å². The Hall–Kier alpha value is -2.58. The zero-order valence-corrected chi connectivity index (χ0v) is 18.6. The molecule has 1 amide bonds. The molecule has 0 fully saturated rings. The Kier molecular flexibility index (Phi) is 7.33. The largest absolute Gasteiger partial charge is 0.372 e. The fourth-order valence-electron chi connectivity index (χ4n) is 3.00. The minimum Gasteiger partial charge on any atom is -0.372 e. The fourth-order valence-corrected chi connectivity index (χ4v) is 3.89. The molecule has 0 atom stereocenters. The summed E-state index contributed by atoms with van der Waals surface area (Å²) in [5, 5.41) is 11.8. The second-order valence-electron chi connectivity index (χ2n) is 6.55. The van der Waals surface area contributed by atoms with Gasteiger partial charge in [0.15, 0.2) is 11.0 Å². The van der Waals surface area contributed by atoms with Gasteiger partial charge in [-0.1, -0.05) is 23.4 Å². The number of nitrogens with one attached hydrogen (secondary N) is 1. The first kappa shape index (κ1) is 22.1. The molecule has 0 spiro atoms. The van der Waals surface area contributed by atoms with Crippen LogP contribution < -0.4 is 10.2 Å². The summed E-state index contributed by atoms with van der Waals surface area (Å²) >= 11 is 7.01. The zero-order valence-electron chi connectivity index (χ0n) is 17.0. The first-order chi connectivity index (χ1) is 14.4. The maximum Gasteiger partial charge on any atom is 0.234 e. The van der Waals surface area contributed by atoms with Crippen LogP contribution in [0.2, 0.25) is 5.02 Å². The summed E-state index contributed by atoms with van der Waals surface area (Å²) in [5.74, 6) is 0.105. The summed E-state index contributed by atoms with van der Waals surface area (Å²) in [6, 6.07) is 12.3. The molecule has 1 heterocycles. The van der Waals surface area contributed by atoms with Gasteiger partial charge in [-0.25, -0.2) is 4.39 Å². The summed E-state index contributed by atoms with van der Waals surface area (Å²) in [6.07, 6.45) is 0. The van der Waals surface area contributed by atoms with Crippen LogP contribution in [0.15, 0.2) is 47.6 Å². The average molecular weight is 448 g/mol. The SMILES string of the molecule is CCN(CC)c1ccc(-c2nnc(SCC(=O)Nc3ccc(F)c(Cl)c3)n2C)cc1. The lowest BCUT2D eigenvalue weighted by Crippen LogP contribution is -2.21. The number of benzene rings is 2. The molecular weight excluding hydrogens is 425 g/mol. The van der Waals surface area contributed by atoms with Crippen molar-refractivity contribution in [2.75, 3.05) is 29.1 Å². The van der Waals surface area contributed by atoms with Gasteiger partial charge in [-0.05, 0) is 56.3 Å². The van der Waals surface area contributed by atoms with Crippen molar-refractivity contribution in [3.8, 4) is 11.4 Å². The zero-order chi connectivity index (χ0) is 21.7. The molecule has 0 unspecified atom stereocenters. The van der Waals surface area contributed by atoms with Gasteiger partial charge in [0.2, 0.25) is 5.91 Å². The number of thioether (sulfide) groups is 1. The van der Waals surface area contributed by atoms with Gasteiger partial charge in [-0.2, -0.15) is 0 Å². The van der Waals surface area contributed by atoms with Gasteiger partial charge in [0.05, 0.1) is 10.8 Å². The maximum absolute atomic E-state index is 13.2. The molecule has 2 aromatic carbocycles. The van der Waals surface area contributed by atoms with Crippen molar-refractivity contribution in [1.29, 1.82) is 0 Å². The minimum absolute atomic E-state index is 0.0367. The molecule has 0 aliphatic carbocycles. The Morgan fingerprint density at radius 1 is 1.17 bits per heavy atom. The Balaban J connectivity index is 1.63. The van der Waals surface area contributed by atoms with Crippen molar-refractivity contribution in [3.05, 3.63) is 53.3 Å². The lowest BCUT2D eigenvalue weighted by atomic mass is 10.2. The molecule has 0 bridgehead atoms. The maximum atomic E-state index is 13.2. The van der Waals surface area contributed by atoms with Crippen molar-refractivity contribution >= 4 is 40.6 Å². The van der Waals surface area contributed by atoms with E-state index in [0.717, 1.165) is 30.2 Å². The third kappa shape index (κ3) is 5.12. The summed E-state index contributed by atoms with van der Waals surface area (Å²) in [7, 11) is 1.87. The number of hydrogen-bond donors (Lipinski definition) is 1. The number of rotatable bonds is 8. The molecule has 3 aromatic rings. The Morgan fingerprint density at radius 2 is 1.87 bits per heavy atom. The fraction of sp³-hybridized carbons (Fsp3) is 0.286. The Labute approximate surface area is 184 Å². The van der Waals surface area contributed by atoms with Crippen LogP contribution >= 0.6 is 23.4 Å². The van der Waals surface area contributed by atoms with E-state index in [4.69, 9.17) is 11.6 Å². The van der Waals surface area contributed by atoms with E-state index in [1.165, 1.54) is 30.0 Å². The topological polar surface area (TPSA) is 63.1 Å². The standard InChI is InChI=1S/C21H23ClFN5OS/c1-4-28(5-2)16-9-6-14(7-10-16)20-25-26-21(27(20)3)30-13-19(29)24-15-8-11-18(23)17(22)12-15/h6-12H,4-5,13H2,1-3H3,(H,24,29). The van der Waals surface area contributed by atoms with E-state index >= 15 is 0 Å². The van der Waals surface area contributed by atoms with E-state index in [2.05, 4.69) is 46.4 Å². The summed E-state index contributed by atoms with van der Waals surface area (Å²) < 4.78 is 15.1. The van der Waals surface area contributed by atoms with Crippen LogP contribution in [0.5, 0.6) is 0 Å². The number of hydrogen-bond acceptors (Lipinski definition) is 5. The second-order valence-corrected chi connectivity index (χ2v) is 7.90. The summed E-state index contributed by atoms with van der Waals surface area (Å²) in [6.45, 7) is 6.16. The van der Waals surface area contributed by atoms with Gasteiger partial charge in [-0.15, -0.1) is 10.2 Å². The van der Waals surface area contributed by atoms with Crippen LogP contribution in [0.3, 0.4) is 0 Å². The lowest BCUT2D eigenvalue weighted by molar-refractivity contribution is -0.113. The summed E-state index contributed by atoms with van der Waals surface area (Å²) in [4.78, 5) is 14.5. The van der Waals surface area contributed by atoms with Crippen molar-refractivity contribution in [3.63, 3.8) is 0 Å². The number of anilines is 2. The quantitative estimate of drug-likeness (QED) is 0.500. The van der Waals surface area contributed by atoms with Crippen LogP contribution in [-0.2, 0) is 11.8 Å². The smallest absolute Gasteiger partial charge is 0.234 e. The van der Waals surface area contributed by atoms with E-state index in [1.54, 1.807) is 0 Å². The van der Waals surface area contributed by atoms with Gasteiger partial charge in [0.1, 0.15) is 5.82 Å². The molecule has 1 aromatic heterocycles. The number of halogens is 2. The van der Waals surface area contributed by atoms with Crippen molar-refractivity contribution < 1.29 is 9.18 Å². The number of aromatic nitrogens is 3. The molecule has 1 N–H and O–H groups in total. The molecule has 9 heteroatoms. The number of amides is 1. The van der Waals surface area contributed by atoms with Crippen LogP contribution in [0, 0.1) is 5.82 Å². The van der Waals surface area contributed by atoms with Crippen molar-refractivity contribution in [1.82, 2.24) is 14.8 Å². The van der Waals surface area contributed by atoms with Gasteiger partial charge in [0, 0.05) is 37.1 Å². The first-order valence-corrected chi connectivity index (χ1v) is 10.9. The number of carbonyl (C=O) groups excluding carboxylic acids is 1.